The van der Waals surface area contributed by atoms with Crippen LogP contribution >= 0.6 is 12.4 Å². The van der Waals surface area contributed by atoms with Crippen LogP contribution in [0.25, 0.3) is 0 Å². The lowest BCUT2D eigenvalue weighted by atomic mass is 9.91. The number of amides is 2. The fourth-order valence-corrected chi connectivity index (χ4v) is 3.07. The van der Waals surface area contributed by atoms with E-state index in [0.717, 1.165) is 32.4 Å². The molecule has 128 valence electrons. The molecule has 2 fully saturated rings. The fourth-order valence-electron chi connectivity index (χ4n) is 3.07. The molecule has 0 bridgehead atoms. The molecule has 1 aliphatic carbocycles. The predicted octanol–water partition coefficient (Wildman–Crippen LogP) is 1.69. The van der Waals surface area contributed by atoms with Gasteiger partial charge in [0.25, 0.3) is 0 Å². The molecule has 2 amide bonds. The third-order valence-electron chi connectivity index (χ3n) is 4.60. The number of nitrogens with two attached hydrogens (primary N) is 1. The molecule has 2 rings (SSSR count). The van der Waals surface area contributed by atoms with Gasteiger partial charge in [-0.2, -0.15) is 0 Å². The van der Waals surface area contributed by atoms with E-state index in [4.69, 9.17) is 5.73 Å². The Balaban J connectivity index is 0.00000242. The maximum absolute atomic E-state index is 12.5. The Bertz CT molecular complexity index is 397. The van der Waals surface area contributed by atoms with Gasteiger partial charge in [0.2, 0.25) is 11.8 Å². The quantitative estimate of drug-likeness (QED) is 0.777. The molecule has 0 aromatic rings. The van der Waals surface area contributed by atoms with Gasteiger partial charge >= 0.3 is 0 Å². The first kappa shape index (κ1) is 19.2. The highest BCUT2D eigenvalue weighted by Crippen LogP contribution is 2.28. The summed E-state index contributed by atoms with van der Waals surface area (Å²) in [6.45, 7) is 5.87. The number of carbonyl (C=O) groups is 2. The van der Waals surface area contributed by atoms with E-state index >= 15 is 0 Å². The van der Waals surface area contributed by atoms with E-state index in [9.17, 15) is 9.59 Å². The van der Waals surface area contributed by atoms with E-state index in [1.807, 2.05) is 6.92 Å². The summed E-state index contributed by atoms with van der Waals surface area (Å²) in [5.74, 6) is 0.712. The zero-order valence-electron chi connectivity index (χ0n) is 13.8. The number of likely N-dealkylation sites (tertiary alicyclic amines) is 1. The lowest BCUT2D eigenvalue weighted by molar-refractivity contribution is -0.140. The molecule has 3 N–H and O–H groups in total. The van der Waals surface area contributed by atoms with Gasteiger partial charge < -0.3 is 16.0 Å². The summed E-state index contributed by atoms with van der Waals surface area (Å²) < 4.78 is 0. The number of carbonyl (C=O) groups excluding carboxylic acids is 2. The van der Waals surface area contributed by atoms with Crippen molar-refractivity contribution >= 4 is 24.2 Å². The van der Waals surface area contributed by atoms with E-state index in [2.05, 4.69) is 5.32 Å². The summed E-state index contributed by atoms with van der Waals surface area (Å²) in [4.78, 5) is 26.5. The SMILES string of the molecule is CCCC(C)(N)C(=O)N1CCCC(C(=O)NCC2CC2)C1.Cl. The second-order valence-corrected chi connectivity index (χ2v) is 6.95. The summed E-state index contributed by atoms with van der Waals surface area (Å²) in [5, 5.41) is 3.03. The van der Waals surface area contributed by atoms with Crippen molar-refractivity contribution in [2.24, 2.45) is 17.6 Å². The van der Waals surface area contributed by atoms with E-state index in [1.165, 1.54) is 12.8 Å². The minimum absolute atomic E-state index is 0. The zero-order chi connectivity index (χ0) is 15.5. The van der Waals surface area contributed by atoms with E-state index < -0.39 is 5.54 Å². The molecule has 2 atom stereocenters. The van der Waals surface area contributed by atoms with Crippen LogP contribution in [0.3, 0.4) is 0 Å². The molecule has 0 aromatic heterocycles. The van der Waals surface area contributed by atoms with Crippen LogP contribution in [0.2, 0.25) is 0 Å². The largest absolute Gasteiger partial charge is 0.356 e. The van der Waals surface area contributed by atoms with E-state index in [-0.39, 0.29) is 30.1 Å². The standard InChI is InChI=1S/C16H29N3O2.ClH/c1-3-8-16(2,17)15(21)19-9-4-5-13(11-19)14(20)18-10-12-6-7-12;/h12-13H,3-11,17H2,1-2H3,(H,18,20);1H. The second kappa shape index (κ2) is 8.16. The van der Waals surface area contributed by atoms with Gasteiger partial charge in [-0.05, 0) is 44.9 Å². The molecule has 1 saturated heterocycles. The highest BCUT2D eigenvalue weighted by molar-refractivity contribution is 5.87. The minimum Gasteiger partial charge on any atom is -0.356 e. The molecule has 1 aliphatic heterocycles. The van der Waals surface area contributed by atoms with Gasteiger partial charge in [0.15, 0.2) is 0 Å². The molecule has 0 radical (unpaired) electrons. The van der Waals surface area contributed by atoms with Gasteiger partial charge in [-0.25, -0.2) is 0 Å². The maximum atomic E-state index is 12.5. The van der Waals surface area contributed by atoms with Crippen molar-refractivity contribution in [2.45, 2.75) is 57.9 Å². The van der Waals surface area contributed by atoms with Crippen molar-refractivity contribution in [3.63, 3.8) is 0 Å². The number of hydrogen-bond donors (Lipinski definition) is 2. The number of piperidine rings is 1. The molecule has 0 spiro atoms. The molecule has 6 heteroatoms. The number of rotatable bonds is 6. The lowest BCUT2D eigenvalue weighted by Gasteiger charge is -2.37. The number of halogens is 1. The second-order valence-electron chi connectivity index (χ2n) is 6.95. The van der Waals surface area contributed by atoms with Crippen molar-refractivity contribution in [1.29, 1.82) is 0 Å². The first-order valence-electron chi connectivity index (χ1n) is 8.30. The molecule has 5 nitrogen and oxygen atoms in total. The third-order valence-corrected chi connectivity index (χ3v) is 4.60. The highest BCUT2D eigenvalue weighted by Gasteiger charge is 2.36. The van der Waals surface area contributed by atoms with Crippen LogP contribution in [0.5, 0.6) is 0 Å². The van der Waals surface area contributed by atoms with Gasteiger partial charge in [0.05, 0.1) is 11.5 Å². The van der Waals surface area contributed by atoms with Crippen molar-refractivity contribution < 1.29 is 9.59 Å². The number of nitrogens with one attached hydrogen (secondary N) is 1. The number of hydrogen-bond acceptors (Lipinski definition) is 3. The first-order chi connectivity index (χ1) is 9.94. The monoisotopic (exact) mass is 331 g/mol. The van der Waals surface area contributed by atoms with Crippen molar-refractivity contribution in [1.82, 2.24) is 10.2 Å². The Labute approximate surface area is 139 Å². The van der Waals surface area contributed by atoms with Gasteiger partial charge in [0.1, 0.15) is 0 Å². The third kappa shape index (κ3) is 5.13. The highest BCUT2D eigenvalue weighted by atomic mass is 35.5. The first-order valence-corrected chi connectivity index (χ1v) is 8.30. The summed E-state index contributed by atoms with van der Waals surface area (Å²) >= 11 is 0. The molecule has 1 saturated carbocycles. The summed E-state index contributed by atoms with van der Waals surface area (Å²) in [6.07, 6.45) is 5.79. The van der Waals surface area contributed by atoms with Crippen molar-refractivity contribution in [2.75, 3.05) is 19.6 Å². The van der Waals surface area contributed by atoms with Gasteiger partial charge in [-0.1, -0.05) is 13.3 Å². The number of nitrogens with zero attached hydrogens (tertiary/aromatic N) is 1. The maximum Gasteiger partial charge on any atom is 0.242 e. The van der Waals surface area contributed by atoms with Crippen LogP contribution in [-0.4, -0.2) is 41.9 Å². The molecule has 2 unspecified atom stereocenters. The van der Waals surface area contributed by atoms with Crippen LogP contribution in [0.15, 0.2) is 0 Å². The van der Waals surface area contributed by atoms with Gasteiger partial charge in [-0.15, -0.1) is 12.4 Å². The summed E-state index contributed by atoms with van der Waals surface area (Å²) in [7, 11) is 0. The normalized spacial score (nSPS) is 24.1. The van der Waals surface area contributed by atoms with Gasteiger partial charge in [0, 0.05) is 19.6 Å². The van der Waals surface area contributed by atoms with Crippen LogP contribution in [-0.2, 0) is 9.59 Å². The summed E-state index contributed by atoms with van der Waals surface area (Å²) in [5.41, 5.74) is 5.33. The smallest absolute Gasteiger partial charge is 0.242 e. The fraction of sp³-hybridized carbons (Fsp3) is 0.875. The van der Waals surface area contributed by atoms with Gasteiger partial charge in [-0.3, -0.25) is 9.59 Å². The van der Waals surface area contributed by atoms with Crippen LogP contribution in [0, 0.1) is 11.8 Å². The van der Waals surface area contributed by atoms with Crippen LogP contribution in [0.1, 0.15) is 52.4 Å². The zero-order valence-corrected chi connectivity index (χ0v) is 14.6. The Hall–Kier alpha value is -0.810. The summed E-state index contributed by atoms with van der Waals surface area (Å²) in [6, 6.07) is 0. The topological polar surface area (TPSA) is 75.4 Å². The average Bonchev–Trinajstić information content (AvgIpc) is 3.28. The Morgan fingerprint density at radius 1 is 1.32 bits per heavy atom. The molecule has 22 heavy (non-hydrogen) atoms. The average molecular weight is 332 g/mol. The lowest BCUT2D eigenvalue weighted by Crippen LogP contribution is -2.56. The van der Waals surface area contributed by atoms with Crippen molar-refractivity contribution in [3.8, 4) is 0 Å². The Morgan fingerprint density at radius 2 is 2.00 bits per heavy atom. The molecule has 0 aromatic carbocycles. The predicted molar refractivity (Wildman–Crippen MR) is 89.8 cm³/mol. The van der Waals surface area contributed by atoms with E-state index in [1.54, 1.807) is 11.8 Å². The molecular weight excluding hydrogens is 302 g/mol. The van der Waals surface area contributed by atoms with E-state index in [0.29, 0.717) is 18.9 Å². The van der Waals surface area contributed by atoms with Crippen molar-refractivity contribution in [3.05, 3.63) is 0 Å². The Morgan fingerprint density at radius 3 is 2.59 bits per heavy atom. The Kier molecular flexibility index (Phi) is 7.13. The minimum atomic E-state index is -0.804. The van der Waals surface area contributed by atoms with Crippen LogP contribution < -0.4 is 11.1 Å². The van der Waals surface area contributed by atoms with Crippen LogP contribution in [0.4, 0.5) is 0 Å². The molecule has 1 heterocycles. The molecular formula is C16H30ClN3O2. The molecule has 2 aliphatic rings.